The lowest BCUT2D eigenvalue weighted by Gasteiger charge is -2.28. The van der Waals surface area contributed by atoms with E-state index in [-0.39, 0.29) is 30.5 Å². The van der Waals surface area contributed by atoms with Gasteiger partial charge in [-0.1, -0.05) is 29.8 Å². The van der Waals surface area contributed by atoms with Crippen molar-refractivity contribution in [2.75, 3.05) is 12.4 Å². The molecule has 10 heteroatoms. The van der Waals surface area contributed by atoms with Gasteiger partial charge in [-0.2, -0.15) is 0 Å². The fourth-order valence-corrected chi connectivity index (χ4v) is 4.62. The smallest absolute Gasteiger partial charge is 0.261 e. The Labute approximate surface area is 200 Å². The maximum Gasteiger partial charge on any atom is 0.261 e. The molecule has 0 aliphatic carbocycles. The second-order valence-electron chi connectivity index (χ2n) is 7.58. The van der Waals surface area contributed by atoms with Gasteiger partial charge in [-0.05, 0) is 55.2 Å². The molecule has 0 aromatic heterocycles. The van der Waals surface area contributed by atoms with Crippen molar-refractivity contribution in [1.29, 1.82) is 0 Å². The number of nitrogens with one attached hydrogen (secondary N) is 3. The minimum atomic E-state index is -0.782. The number of thioether (sulfide) groups is 1. The summed E-state index contributed by atoms with van der Waals surface area (Å²) >= 11 is 7.19. The SMILES string of the molecule is Cc1cc(Cl)ccc1OCCCC(=O)NNC(=O)C1CSC(Cc2ccccc2F)C(=O)N1. The van der Waals surface area contributed by atoms with E-state index in [1.807, 2.05) is 6.92 Å². The molecule has 0 saturated carbocycles. The third kappa shape index (κ3) is 7.36. The second-order valence-corrected chi connectivity index (χ2v) is 9.25. The van der Waals surface area contributed by atoms with Crippen LogP contribution >= 0.6 is 23.4 Å². The van der Waals surface area contributed by atoms with Gasteiger partial charge < -0.3 is 10.1 Å². The number of hydrogen-bond acceptors (Lipinski definition) is 5. The Bertz CT molecular complexity index is 1020. The Balaban J connectivity index is 1.34. The summed E-state index contributed by atoms with van der Waals surface area (Å²) < 4.78 is 19.5. The average molecular weight is 494 g/mol. The molecule has 1 heterocycles. The fraction of sp³-hybridized carbons (Fsp3) is 0.348. The highest BCUT2D eigenvalue weighted by atomic mass is 35.5. The molecule has 176 valence electrons. The number of ether oxygens (including phenoxy) is 1. The largest absolute Gasteiger partial charge is 0.493 e. The first kappa shape index (κ1) is 24.9. The molecule has 2 atom stereocenters. The van der Waals surface area contributed by atoms with E-state index < -0.39 is 17.2 Å². The van der Waals surface area contributed by atoms with E-state index in [1.165, 1.54) is 17.8 Å². The first-order valence-electron chi connectivity index (χ1n) is 10.5. The summed E-state index contributed by atoms with van der Waals surface area (Å²) in [4.78, 5) is 36.6. The molecule has 3 N–H and O–H groups in total. The first-order valence-corrected chi connectivity index (χ1v) is 11.9. The maximum absolute atomic E-state index is 13.8. The zero-order valence-electron chi connectivity index (χ0n) is 18.0. The molecule has 0 bridgehead atoms. The van der Waals surface area contributed by atoms with Crippen LogP contribution in [-0.4, -0.2) is 41.4 Å². The van der Waals surface area contributed by atoms with Crippen LogP contribution in [0.25, 0.3) is 0 Å². The van der Waals surface area contributed by atoms with Crippen LogP contribution in [0, 0.1) is 12.7 Å². The lowest BCUT2D eigenvalue weighted by Crippen LogP contribution is -2.57. The number of hydrazine groups is 1. The molecule has 1 saturated heterocycles. The molecule has 7 nitrogen and oxygen atoms in total. The van der Waals surface area contributed by atoms with Crippen LogP contribution in [0.15, 0.2) is 42.5 Å². The monoisotopic (exact) mass is 493 g/mol. The van der Waals surface area contributed by atoms with Crippen LogP contribution < -0.4 is 20.9 Å². The van der Waals surface area contributed by atoms with Crippen LogP contribution in [0.2, 0.25) is 5.02 Å². The molecule has 2 aromatic rings. The summed E-state index contributed by atoms with van der Waals surface area (Å²) in [6, 6.07) is 10.8. The average Bonchev–Trinajstić information content (AvgIpc) is 2.79. The molecule has 2 aromatic carbocycles. The van der Waals surface area contributed by atoms with Gasteiger partial charge in [0.1, 0.15) is 17.6 Å². The fourth-order valence-electron chi connectivity index (χ4n) is 3.22. The molecule has 1 aliphatic rings. The summed E-state index contributed by atoms with van der Waals surface area (Å²) in [6.07, 6.45) is 0.854. The first-order chi connectivity index (χ1) is 15.8. The van der Waals surface area contributed by atoms with Gasteiger partial charge in [-0.3, -0.25) is 25.2 Å². The summed E-state index contributed by atoms with van der Waals surface area (Å²) in [6.45, 7) is 2.22. The number of amides is 3. The molecule has 3 amide bonds. The van der Waals surface area contributed by atoms with Gasteiger partial charge in [-0.25, -0.2) is 4.39 Å². The quantitative estimate of drug-likeness (QED) is 0.388. The lowest BCUT2D eigenvalue weighted by molar-refractivity contribution is -0.132. The zero-order valence-corrected chi connectivity index (χ0v) is 19.6. The molecule has 33 heavy (non-hydrogen) atoms. The van der Waals surface area contributed by atoms with Gasteiger partial charge in [0.05, 0.1) is 11.9 Å². The van der Waals surface area contributed by atoms with E-state index in [9.17, 15) is 18.8 Å². The van der Waals surface area contributed by atoms with Crippen LogP contribution in [-0.2, 0) is 20.8 Å². The van der Waals surface area contributed by atoms with E-state index in [0.717, 1.165) is 5.56 Å². The van der Waals surface area contributed by atoms with E-state index in [0.29, 0.717) is 35.1 Å². The van der Waals surface area contributed by atoms with Crippen LogP contribution in [0.3, 0.4) is 0 Å². The van der Waals surface area contributed by atoms with Crippen molar-refractivity contribution in [2.24, 2.45) is 0 Å². The van der Waals surface area contributed by atoms with Crippen molar-refractivity contribution in [3.8, 4) is 5.75 Å². The third-order valence-corrected chi connectivity index (χ3v) is 6.56. The predicted octanol–water partition coefficient (Wildman–Crippen LogP) is 2.94. The molecule has 0 radical (unpaired) electrons. The predicted molar refractivity (Wildman–Crippen MR) is 125 cm³/mol. The molecule has 3 rings (SSSR count). The van der Waals surface area contributed by atoms with E-state index in [1.54, 1.807) is 36.4 Å². The van der Waals surface area contributed by atoms with Crippen molar-refractivity contribution < 1.29 is 23.5 Å². The second kappa shape index (κ2) is 11.9. The van der Waals surface area contributed by atoms with Gasteiger partial charge >= 0.3 is 0 Å². The number of hydrogen-bond donors (Lipinski definition) is 3. The number of carbonyl (C=O) groups excluding carboxylic acids is 3. The maximum atomic E-state index is 13.8. The molecule has 2 unspecified atom stereocenters. The van der Waals surface area contributed by atoms with Gasteiger partial charge in [0.15, 0.2) is 0 Å². The van der Waals surface area contributed by atoms with Crippen molar-refractivity contribution in [1.82, 2.24) is 16.2 Å². The van der Waals surface area contributed by atoms with Crippen LogP contribution in [0.5, 0.6) is 5.75 Å². The summed E-state index contributed by atoms with van der Waals surface area (Å²) in [5, 5.41) is 2.78. The van der Waals surface area contributed by atoms with E-state index in [4.69, 9.17) is 16.3 Å². The Kier molecular flexibility index (Phi) is 8.96. The molecular weight excluding hydrogens is 469 g/mol. The topological polar surface area (TPSA) is 96.5 Å². The molecule has 1 aliphatic heterocycles. The minimum absolute atomic E-state index is 0.156. The van der Waals surface area contributed by atoms with E-state index >= 15 is 0 Å². The molecule has 1 fully saturated rings. The van der Waals surface area contributed by atoms with Gasteiger partial charge in [-0.15, -0.1) is 11.8 Å². The van der Waals surface area contributed by atoms with E-state index in [2.05, 4.69) is 16.2 Å². The number of halogens is 2. The van der Waals surface area contributed by atoms with Gasteiger partial charge in [0.2, 0.25) is 11.8 Å². The molecule has 0 spiro atoms. The number of benzene rings is 2. The Morgan fingerprint density at radius 3 is 2.76 bits per heavy atom. The number of carbonyl (C=O) groups is 3. The molecular formula is C23H25ClFN3O4S. The van der Waals surface area contributed by atoms with Crippen LogP contribution in [0.1, 0.15) is 24.0 Å². The lowest BCUT2D eigenvalue weighted by atomic mass is 10.1. The zero-order chi connectivity index (χ0) is 23.8. The van der Waals surface area contributed by atoms with Crippen molar-refractivity contribution in [3.05, 3.63) is 64.4 Å². The highest BCUT2D eigenvalue weighted by Gasteiger charge is 2.32. The Morgan fingerprint density at radius 1 is 1.24 bits per heavy atom. The number of aryl methyl sites for hydroxylation is 1. The summed E-state index contributed by atoms with van der Waals surface area (Å²) in [7, 11) is 0. The van der Waals surface area contributed by atoms with Gasteiger partial charge in [0, 0.05) is 17.2 Å². The normalized spacial score (nSPS) is 17.7. The summed E-state index contributed by atoms with van der Waals surface area (Å²) in [5.74, 6) is -0.556. The van der Waals surface area contributed by atoms with Crippen LogP contribution in [0.4, 0.5) is 4.39 Å². The third-order valence-electron chi connectivity index (χ3n) is 5.02. The summed E-state index contributed by atoms with van der Waals surface area (Å²) in [5.41, 5.74) is 6.05. The number of rotatable bonds is 8. The van der Waals surface area contributed by atoms with Gasteiger partial charge in [0.25, 0.3) is 5.91 Å². The van der Waals surface area contributed by atoms with Crippen molar-refractivity contribution >= 4 is 41.1 Å². The Morgan fingerprint density at radius 2 is 2.03 bits per heavy atom. The van der Waals surface area contributed by atoms with Crippen molar-refractivity contribution in [2.45, 2.75) is 37.5 Å². The highest BCUT2D eigenvalue weighted by molar-refractivity contribution is 8.00. The minimum Gasteiger partial charge on any atom is -0.493 e. The van der Waals surface area contributed by atoms with Crippen molar-refractivity contribution in [3.63, 3.8) is 0 Å². The standard InChI is InChI=1S/C23H25ClFN3O4S/c1-14-11-16(24)8-9-19(14)32-10-4-7-21(29)27-28-22(30)18-13-33-20(23(31)26-18)12-15-5-2-3-6-17(15)25/h2-3,5-6,8-9,11,18,20H,4,7,10,12-13H2,1H3,(H,26,31)(H,27,29)(H,28,30). The Hall–Kier alpha value is -2.78. The highest BCUT2D eigenvalue weighted by Crippen LogP contribution is 2.23.